The predicted octanol–water partition coefficient (Wildman–Crippen LogP) is 1.23. The van der Waals surface area contributed by atoms with Crippen LogP contribution in [0.4, 0.5) is 6.01 Å². The van der Waals surface area contributed by atoms with E-state index in [-0.39, 0.29) is 5.78 Å². The molecule has 1 aromatic carbocycles. The molecule has 0 saturated heterocycles. The summed E-state index contributed by atoms with van der Waals surface area (Å²) in [6.07, 6.45) is 1.87. The Bertz CT molecular complexity index is 960. The number of hydrogen-bond donors (Lipinski definition) is 3. The molecule has 166 valence electrons. The van der Waals surface area contributed by atoms with Gasteiger partial charge in [0.2, 0.25) is 0 Å². The van der Waals surface area contributed by atoms with E-state index in [2.05, 4.69) is 4.98 Å². The molecule has 2 rings (SSSR count). The van der Waals surface area contributed by atoms with Crippen LogP contribution in [-0.4, -0.2) is 68.9 Å². The maximum atomic E-state index is 11.1. The molecule has 0 aliphatic heterocycles. The van der Waals surface area contributed by atoms with Gasteiger partial charge in [-0.15, -0.1) is 0 Å². The summed E-state index contributed by atoms with van der Waals surface area (Å²) in [5.74, 6) is 0.126. The molecule has 0 atom stereocenters. The SMILES string of the molecule is CC(=O)CCN(CCN)c1nc2cc(Cl)ccc2o1.CS(=O)(=O)O.CS(=O)(=O)O. The summed E-state index contributed by atoms with van der Waals surface area (Å²) in [7, 11) is -7.33. The first-order valence-electron chi connectivity index (χ1n) is 7.95. The Kier molecular flexibility index (Phi) is 11.3. The Labute approximate surface area is 174 Å². The smallest absolute Gasteiger partial charge is 0.298 e. The number of Topliss-reactive ketones (excluding diaryl/α,β-unsaturated/α-hetero) is 1. The van der Waals surface area contributed by atoms with Crippen molar-refractivity contribution < 1.29 is 35.2 Å². The number of benzene rings is 1. The average Bonchev–Trinajstić information content (AvgIpc) is 2.90. The van der Waals surface area contributed by atoms with E-state index in [9.17, 15) is 21.6 Å². The summed E-state index contributed by atoms with van der Waals surface area (Å²) >= 11 is 5.91. The van der Waals surface area contributed by atoms with Crippen LogP contribution in [0.2, 0.25) is 5.02 Å². The molecule has 0 fully saturated rings. The van der Waals surface area contributed by atoms with E-state index in [1.807, 2.05) is 4.90 Å². The first-order chi connectivity index (χ1) is 13.1. The second-order valence-corrected chi connectivity index (χ2v) is 9.17. The van der Waals surface area contributed by atoms with Gasteiger partial charge in [-0.3, -0.25) is 13.9 Å². The van der Waals surface area contributed by atoms with Crippen LogP contribution in [-0.2, 0) is 25.0 Å². The molecule has 1 heterocycles. The Morgan fingerprint density at radius 3 is 2.14 bits per heavy atom. The molecule has 11 nitrogen and oxygen atoms in total. The summed E-state index contributed by atoms with van der Waals surface area (Å²) in [6.45, 7) is 3.17. The second-order valence-electron chi connectivity index (χ2n) is 5.80. The summed E-state index contributed by atoms with van der Waals surface area (Å²) in [5.41, 5.74) is 6.95. The highest BCUT2D eigenvalue weighted by Gasteiger charge is 2.14. The lowest BCUT2D eigenvalue weighted by Crippen LogP contribution is -2.31. The van der Waals surface area contributed by atoms with E-state index in [0.29, 0.717) is 60.7 Å². The van der Waals surface area contributed by atoms with E-state index >= 15 is 0 Å². The van der Waals surface area contributed by atoms with Gasteiger partial charge in [0.15, 0.2) is 5.58 Å². The lowest BCUT2D eigenvalue weighted by Gasteiger charge is -2.18. The minimum absolute atomic E-state index is 0.126. The topological polar surface area (TPSA) is 181 Å². The van der Waals surface area contributed by atoms with Crippen LogP contribution in [0.5, 0.6) is 0 Å². The third-order valence-corrected chi connectivity index (χ3v) is 2.98. The Morgan fingerprint density at radius 2 is 1.69 bits per heavy atom. The van der Waals surface area contributed by atoms with Crippen LogP contribution in [0.3, 0.4) is 0 Å². The standard InChI is InChI=1S/C13H16ClN3O2.2CH4O3S/c1-9(18)4-6-17(7-5-15)13-16-11-8-10(14)2-3-12(11)19-13;2*1-5(2,3)4/h2-3,8H,4-7,15H2,1H3;2*1H3,(H,2,3,4). The predicted molar refractivity (Wildman–Crippen MR) is 111 cm³/mol. The highest BCUT2D eigenvalue weighted by Crippen LogP contribution is 2.24. The summed E-state index contributed by atoms with van der Waals surface area (Å²) < 4.78 is 57.4. The number of halogens is 1. The average molecular weight is 474 g/mol. The molecule has 29 heavy (non-hydrogen) atoms. The zero-order chi connectivity index (χ0) is 22.8. The van der Waals surface area contributed by atoms with Gasteiger partial charge < -0.3 is 15.1 Å². The summed E-state index contributed by atoms with van der Waals surface area (Å²) in [6, 6.07) is 5.75. The molecule has 2 aromatic rings. The van der Waals surface area contributed by atoms with Crippen molar-refractivity contribution in [1.82, 2.24) is 4.98 Å². The van der Waals surface area contributed by atoms with Gasteiger partial charge in [-0.25, -0.2) is 0 Å². The van der Waals surface area contributed by atoms with E-state index in [1.54, 1.807) is 25.1 Å². The number of ketones is 1. The van der Waals surface area contributed by atoms with Crippen molar-refractivity contribution in [1.29, 1.82) is 0 Å². The summed E-state index contributed by atoms with van der Waals surface area (Å²) in [5, 5.41) is 0.612. The van der Waals surface area contributed by atoms with Gasteiger partial charge in [-0.2, -0.15) is 21.8 Å². The monoisotopic (exact) mass is 473 g/mol. The quantitative estimate of drug-likeness (QED) is 0.513. The molecule has 1 aromatic heterocycles. The molecule has 0 radical (unpaired) electrons. The van der Waals surface area contributed by atoms with Crippen molar-refractivity contribution in [2.75, 3.05) is 37.0 Å². The minimum Gasteiger partial charge on any atom is -0.423 e. The van der Waals surface area contributed by atoms with Crippen LogP contribution in [0.1, 0.15) is 13.3 Å². The number of anilines is 1. The van der Waals surface area contributed by atoms with Gasteiger partial charge in [0.25, 0.3) is 26.3 Å². The van der Waals surface area contributed by atoms with Crippen molar-refractivity contribution in [3.05, 3.63) is 23.2 Å². The van der Waals surface area contributed by atoms with E-state index in [0.717, 1.165) is 0 Å². The molecule has 14 heteroatoms. The molecular formula is C15H24ClN3O8S2. The lowest BCUT2D eigenvalue weighted by molar-refractivity contribution is -0.116. The van der Waals surface area contributed by atoms with E-state index in [1.165, 1.54) is 0 Å². The number of nitrogens with zero attached hydrogens (tertiary/aromatic N) is 2. The first kappa shape index (κ1) is 27.2. The zero-order valence-corrected chi connectivity index (χ0v) is 18.5. The third-order valence-electron chi connectivity index (χ3n) is 2.74. The van der Waals surface area contributed by atoms with E-state index in [4.69, 9.17) is 30.9 Å². The van der Waals surface area contributed by atoms with Crippen molar-refractivity contribution in [3.8, 4) is 0 Å². The zero-order valence-electron chi connectivity index (χ0n) is 16.1. The fourth-order valence-electron chi connectivity index (χ4n) is 1.78. The highest BCUT2D eigenvalue weighted by molar-refractivity contribution is 7.85. The number of oxazole rings is 1. The first-order valence-corrected chi connectivity index (χ1v) is 12.0. The normalized spacial score (nSPS) is 11.1. The molecule has 0 aliphatic carbocycles. The molecule has 0 saturated carbocycles. The van der Waals surface area contributed by atoms with E-state index < -0.39 is 20.2 Å². The van der Waals surface area contributed by atoms with Crippen molar-refractivity contribution in [2.45, 2.75) is 13.3 Å². The van der Waals surface area contributed by atoms with Crippen LogP contribution in [0, 0.1) is 0 Å². The van der Waals surface area contributed by atoms with Gasteiger partial charge in [-0.05, 0) is 25.1 Å². The number of carbonyl (C=O) groups is 1. The summed E-state index contributed by atoms with van der Waals surface area (Å²) in [4.78, 5) is 17.3. The number of carbonyl (C=O) groups excluding carboxylic acids is 1. The van der Waals surface area contributed by atoms with Gasteiger partial charge in [0.1, 0.15) is 11.3 Å². The Morgan fingerprint density at radius 1 is 1.17 bits per heavy atom. The van der Waals surface area contributed by atoms with Gasteiger partial charge in [-0.1, -0.05) is 11.6 Å². The molecule has 4 N–H and O–H groups in total. The van der Waals surface area contributed by atoms with Gasteiger partial charge >= 0.3 is 0 Å². The maximum absolute atomic E-state index is 11.1. The molecular weight excluding hydrogens is 450 g/mol. The molecule has 0 unspecified atom stereocenters. The van der Waals surface area contributed by atoms with Crippen LogP contribution >= 0.6 is 11.6 Å². The number of rotatable bonds is 6. The molecule has 0 aliphatic rings. The fourth-order valence-corrected chi connectivity index (χ4v) is 1.94. The molecule has 0 amide bonds. The van der Waals surface area contributed by atoms with Gasteiger partial charge in [0, 0.05) is 31.1 Å². The van der Waals surface area contributed by atoms with Crippen LogP contribution in [0.25, 0.3) is 11.1 Å². The number of fused-ring (bicyclic) bond motifs is 1. The van der Waals surface area contributed by atoms with Crippen molar-refractivity contribution in [2.24, 2.45) is 5.73 Å². The molecule has 0 spiro atoms. The van der Waals surface area contributed by atoms with Gasteiger partial charge in [0.05, 0.1) is 12.5 Å². The highest BCUT2D eigenvalue weighted by atomic mass is 35.5. The number of nitrogens with two attached hydrogens (primary N) is 1. The lowest BCUT2D eigenvalue weighted by atomic mass is 10.3. The number of aromatic nitrogens is 1. The van der Waals surface area contributed by atoms with Crippen molar-refractivity contribution in [3.63, 3.8) is 0 Å². The second kappa shape index (κ2) is 12.0. The van der Waals surface area contributed by atoms with Crippen molar-refractivity contribution >= 4 is 54.7 Å². The fraction of sp³-hybridized carbons (Fsp3) is 0.467. The number of hydrogen-bond acceptors (Lipinski definition) is 9. The Balaban J connectivity index is 0.000000653. The Hall–Kier alpha value is -1.77. The maximum Gasteiger partial charge on any atom is 0.298 e. The third kappa shape index (κ3) is 15.8. The minimum atomic E-state index is -3.67. The van der Waals surface area contributed by atoms with Crippen LogP contribution < -0.4 is 10.6 Å². The molecule has 0 bridgehead atoms. The largest absolute Gasteiger partial charge is 0.423 e. The van der Waals surface area contributed by atoms with Crippen LogP contribution in [0.15, 0.2) is 22.6 Å².